The molecule has 5 heteroatoms. The molecule has 1 atom stereocenters. The average Bonchev–Trinajstić information content (AvgIpc) is 2.29. The summed E-state index contributed by atoms with van der Waals surface area (Å²) in [6, 6.07) is 0. The Kier molecular flexibility index (Phi) is 5.36. The molecule has 1 amide bonds. The molecular weight excluding hydrogens is 218 g/mol. The molecule has 17 heavy (non-hydrogen) atoms. The lowest BCUT2D eigenvalue weighted by Crippen LogP contribution is -2.51. The lowest BCUT2D eigenvalue weighted by molar-refractivity contribution is -0.126. The number of carbonyl (C=O) groups is 1. The van der Waals surface area contributed by atoms with Crippen molar-refractivity contribution in [1.29, 1.82) is 0 Å². The molecule has 1 fully saturated rings. The molecule has 1 heterocycles. The van der Waals surface area contributed by atoms with Crippen molar-refractivity contribution in [2.45, 2.75) is 31.9 Å². The highest BCUT2D eigenvalue weighted by Crippen LogP contribution is 2.06. The summed E-state index contributed by atoms with van der Waals surface area (Å²) in [6.07, 6.45) is 1.11. The second kappa shape index (κ2) is 6.33. The van der Waals surface area contributed by atoms with Gasteiger partial charge in [0.15, 0.2) is 0 Å². The average molecular weight is 243 g/mol. The van der Waals surface area contributed by atoms with E-state index in [1.807, 2.05) is 13.8 Å². The van der Waals surface area contributed by atoms with Gasteiger partial charge < -0.3 is 20.3 Å². The third kappa shape index (κ3) is 4.61. The van der Waals surface area contributed by atoms with Crippen LogP contribution in [0.3, 0.4) is 0 Å². The summed E-state index contributed by atoms with van der Waals surface area (Å²) in [7, 11) is 3.89. The first-order valence-electron chi connectivity index (χ1n) is 6.23. The van der Waals surface area contributed by atoms with Crippen molar-refractivity contribution < 1.29 is 9.53 Å². The van der Waals surface area contributed by atoms with Gasteiger partial charge in [-0.2, -0.15) is 0 Å². The van der Waals surface area contributed by atoms with Gasteiger partial charge in [-0.25, -0.2) is 0 Å². The second-order valence-electron chi connectivity index (χ2n) is 5.17. The van der Waals surface area contributed by atoms with E-state index in [4.69, 9.17) is 4.74 Å². The summed E-state index contributed by atoms with van der Waals surface area (Å²) in [6.45, 7) is 7.14. The summed E-state index contributed by atoms with van der Waals surface area (Å²) in [5.41, 5.74) is -0.510. The zero-order chi connectivity index (χ0) is 12.9. The molecule has 1 aliphatic rings. The fourth-order valence-corrected chi connectivity index (χ4v) is 1.72. The number of nitrogens with zero attached hydrogens (tertiary/aromatic N) is 1. The molecule has 2 N–H and O–H groups in total. The van der Waals surface area contributed by atoms with Crippen LogP contribution in [-0.2, 0) is 9.53 Å². The Balaban J connectivity index is 2.21. The molecule has 100 valence electrons. The van der Waals surface area contributed by atoms with E-state index < -0.39 is 5.54 Å². The van der Waals surface area contributed by atoms with Crippen molar-refractivity contribution in [3.8, 4) is 0 Å². The van der Waals surface area contributed by atoms with Crippen LogP contribution in [0, 0.1) is 0 Å². The Morgan fingerprint density at radius 3 is 2.82 bits per heavy atom. The zero-order valence-corrected chi connectivity index (χ0v) is 11.4. The second-order valence-corrected chi connectivity index (χ2v) is 5.17. The Hall–Kier alpha value is -0.650. The van der Waals surface area contributed by atoms with Gasteiger partial charge >= 0.3 is 0 Å². The number of ether oxygens (including phenoxy) is 1. The summed E-state index contributed by atoms with van der Waals surface area (Å²) in [5.74, 6) is 0.0316. The minimum atomic E-state index is -0.510. The van der Waals surface area contributed by atoms with Crippen LogP contribution in [0.15, 0.2) is 0 Å². The molecule has 0 saturated carbocycles. The van der Waals surface area contributed by atoms with Crippen LogP contribution in [-0.4, -0.2) is 62.8 Å². The van der Waals surface area contributed by atoms with Gasteiger partial charge in [-0.1, -0.05) is 0 Å². The van der Waals surface area contributed by atoms with Gasteiger partial charge in [-0.05, 0) is 34.4 Å². The summed E-state index contributed by atoms with van der Waals surface area (Å²) in [4.78, 5) is 14.0. The van der Waals surface area contributed by atoms with Gasteiger partial charge in [-0.15, -0.1) is 0 Å². The van der Waals surface area contributed by atoms with Crippen LogP contribution in [0.5, 0.6) is 0 Å². The van der Waals surface area contributed by atoms with Crippen molar-refractivity contribution in [3.63, 3.8) is 0 Å². The molecule has 0 unspecified atom stereocenters. The van der Waals surface area contributed by atoms with Crippen molar-refractivity contribution in [2.24, 2.45) is 0 Å². The number of morpholine rings is 1. The molecular formula is C12H25N3O2. The normalized spacial score (nSPS) is 22.5. The van der Waals surface area contributed by atoms with Crippen LogP contribution in [0.4, 0.5) is 0 Å². The molecule has 0 aliphatic carbocycles. The van der Waals surface area contributed by atoms with Crippen molar-refractivity contribution in [1.82, 2.24) is 15.5 Å². The first kappa shape index (κ1) is 14.4. The van der Waals surface area contributed by atoms with E-state index in [0.29, 0.717) is 6.54 Å². The van der Waals surface area contributed by atoms with Crippen LogP contribution in [0.1, 0.15) is 20.3 Å². The first-order valence-corrected chi connectivity index (χ1v) is 6.23. The quantitative estimate of drug-likeness (QED) is 0.703. The zero-order valence-electron chi connectivity index (χ0n) is 11.4. The monoisotopic (exact) mass is 243 g/mol. The standard InChI is InChI=1S/C12H25N3O2/c1-12(2,13-3)11(16)14-6-5-10-9-15(4)7-8-17-10/h10,13H,5-9H2,1-4H3,(H,14,16)/t10-/m1/s1. The van der Waals surface area contributed by atoms with Crippen LogP contribution < -0.4 is 10.6 Å². The van der Waals surface area contributed by atoms with E-state index in [1.54, 1.807) is 7.05 Å². The Morgan fingerprint density at radius 1 is 1.53 bits per heavy atom. The van der Waals surface area contributed by atoms with Crippen molar-refractivity contribution in [3.05, 3.63) is 0 Å². The van der Waals surface area contributed by atoms with Crippen molar-refractivity contribution >= 4 is 5.91 Å². The van der Waals surface area contributed by atoms with E-state index in [-0.39, 0.29) is 12.0 Å². The summed E-state index contributed by atoms with van der Waals surface area (Å²) >= 11 is 0. The first-order chi connectivity index (χ1) is 7.95. The van der Waals surface area contributed by atoms with E-state index >= 15 is 0 Å². The fourth-order valence-electron chi connectivity index (χ4n) is 1.72. The van der Waals surface area contributed by atoms with Gasteiger partial charge in [0.1, 0.15) is 0 Å². The van der Waals surface area contributed by atoms with Crippen LogP contribution in [0.2, 0.25) is 0 Å². The predicted octanol–water partition coefficient (Wildman–Crippen LogP) is -0.179. The number of amides is 1. The molecule has 5 nitrogen and oxygen atoms in total. The molecule has 0 spiro atoms. The SMILES string of the molecule is CNC(C)(C)C(=O)NCC[C@@H]1CN(C)CCO1. The van der Waals surface area contributed by atoms with Gasteiger partial charge in [0, 0.05) is 19.6 Å². The maximum Gasteiger partial charge on any atom is 0.239 e. The Labute approximate surface area is 104 Å². The Morgan fingerprint density at radius 2 is 2.24 bits per heavy atom. The van der Waals surface area contributed by atoms with Crippen LogP contribution in [0.25, 0.3) is 0 Å². The van der Waals surface area contributed by atoms with Gasteiger partial charge in [0.2, 0.25) is 5.91 Å². The van der Waals surface area contributed by atoms with E-state index in [0.717, 1.165) is 26.1 Å². The maximum atomic E-state index is 11.8. The predicted molar refractivity (Wildman–Crippen MR) is 68.0 cm³/mol. The molecule has 0 aromatic heterocycles. The van der Waals surface area contributed by atoms with E-state index in [9.17, 15) is 4.79 Å². The minimum Gasteiger partial charge on any atom is -0.375 e. The number of hydrogen-bond donors (Lipinski definition) is 2. The molecule has 1 saturated heterocycles. The Bertz CT molecular complexity index is 256. The molecule has 0 aromatic rings. The minimum absolute atomic E-state index is 0.0316. The molecule has 0 bridgehead atoms. The van der Waals surface area contributed by atoms with E-state index in [2.05, 4.69) is 22.6 Å². The van der Waals surface area contributed by atoms with Crippen molar-refractivity contribution in [2.75, 3.05) is 40.3 Å². The van der Waals surface area contributed by atoms with Gasteiger partial charge in [-0.3, -0.25) is 4.79 Å². The van der Waals surface area contributed by atoms with E-state index in [1.165, 1.54) is 0 Å². The summed E-state index contributed by atoms with van der Waals surface area (Å²) in [5, 5.41) is 5.92. The number of hydrogen-bond acceptors (Lipinski definition) is 4. The molecule has 0 aromatic carbocycles. The van der Waals surface area contributed by atoms with Gasteiger partial charge in [0.25, 0.3) is 0 Å². The molecule has 1 aliphatic heterocycles. The highest BCUT2D eigenvalue weighted by molar-refractivity contribution is 5.85. The fraction of sp³-hybridized carbons (Fsp3) is 0.917. The third-order valence-electron chi connectivity index (χ3n) is 3.29. The number of carbonyl (C=O) groups excluding carboxylic acids is 1. The molecule has 0 radical (unpaired) electrons. The number of likely N-dealkylation sites (N-methyl/N-ethyl adjacent to an activating group) is 2. The smallest absolute Gasteiger partial charge is 0.239 e. The highest BCUT2D eigenvalue weighted by atomic mass is 16.5. The van der Waals surface area contributed by atoms with Crippen LogP contribution >= 0.6 is 0 Å². The maximum absolute atomic E-state index is 11.8. The van der Waals surface area contributed by atoms with Gasteiger partial charge in [0.05, 0.1) is 18.2 Å². The molecule has 1 rings (SSSR count). The largest absolute Gasteiger partial charge is 0.375 e. The lowest BCUT2D eigenvalue weighted by Gasteiger charge is -2.30. The highest BCUT2D eigenvalue weighted by Gasteiger charge is 2.25. The topological polar surface area (TPSA) is 53.6 Å². The number of rotatable bonds is 5. The summed E-state index contributed by atoms with van der Waals surface area (Å²) < 4.78 is 5.63. The third-order valence-corrected chi connectivity index (χ3v) is 3.29. The lowest BCUT2D eigenvalue weighted by atomic mass is 10.1. The number of nitrogens with one attached hydrogen (secondary N) is 2.